The number of halogens is 2. The van der Waals surface area contributed by atoms with Crippen LogP contribution in [-0.4, -0.2) is 24.7 Å². The molecule has 21 heavy (non-hydrogen) atoms. The third kappa shape index (κ3) is 3.12. The van der Waals surface area contributed by atoms with E-state index in [2.05, 4.69) is 25.4 Å². The zero-order chi connectivity index (χ0) is 14.8. The second-order valence-electron chi connectivity index (χ2n) is 4.30. The summed E-state index contributed by atoms with van der Waals surface area (Å²) in [7, 11) is 0. The lowest BCUT2D eigenvalue weighted by atomic mass is 10.4. The van der Waals surface area contributed by atoms with Gasteiger partial charge in [-0.1, -0.05) is 23.2 Å². The molecule has 8 heteroatoms. The molecule has 0 aliphatic rings. The largest absolute Gasteiger partial charge is 0.338 e. The van der Waals surface area contributed by atoms with Gasteiger partial charge in [0.15, 0.2) is 5.82 Å². The molecule has 0 fully saturated rings. The molecule has 0 spiro atoms. The summed E-state index contributed by atoms with van der Waals surface area (Å²) < 4.78 is 1.56. The Labute approximate surface area is 130 Å². The standard InChI is InChI=1S/C13H10Cl2N6/c1-8-2-12(18-7-17-8)20-10-5-19-21(6-10)13-11(15)3-9(14)4-16-13/h2-7H,1H3,(H,17,18,20). The number of aromatic nitrogens is 5. The molecule has 0 unspecified atom stereocenters. The lowest BCUT2D eigenvalue weighted by Crippen LogP contribution is -1.98. The maximum atomic E-state index is 6.11. The van der Waals surface area contributed by atoms with Crippen LogP contribution in [0.15, 0.2) is 37.1 Å². The molecular weight excluding hydrogens is 311 g/mol. The molecule has 3 rings (SSSR count). The van der Waals surface area contributed by atoms with E-state index in [-0.39, 0.29) is 0 Å². The number of pyridine rings is 1. The van der Waals surface area contributed by atoms with Crippen molar-refractivity contribution in [3.63, 3.8) is 0 Å². The second kappa shape index (κ2) is 5.67. The van der Waals surface area contributed by atoms with Crippen molar-refractivity contribution in [3.8, 4) is 5.82 Å². The molecule has 0 saturated carbocycles. The molecule has 106 valence electrons. The molecule has 0 atom stereocenters. The van der Waals surface area contributed by atoms with E-state index in [9.17, 15) is 0 Å². The average molecular weight is 321 g/mol. The maximum Gasteiger partial charge on any atom is 0.172 e. The molecular formula is C13H10Cl2N6. The normalized spacial score (nSPS) is 10.6. The third-order valence-electron chi connectivity index (χ3n) is 2.66. The van der Waals surface area contributed by atoms with Crippen LogP contribution in [0.3, 0.4) is 0 Å². The number of hydrogen-bond donors (Lipinski definition) is 1. The topological polar surface area (TPSA) is 68.5 Å². The van der Waals surface area contributed by atoms with Crippen molar-refractivity contribution in [1.29, 1.82) is 0 Å². The first-order valence-electron chi connectivity index (χ1n) is 6.03. The average Bonchev–Trinajstić information content (AvgIpc) is 2.87. The number of nitrogens with zero attached hydrogens (tertiary/aromatic N) is 5. The van der Waals surface area contributed by atoms with Crippen molar-refractivity contribution in [1.82, 2.24) is 24.7 Å². The quantitative estimate of drug-likeness (QED) is 0.800. The SMILES string of the molecule is Cc1cc(Nc2cnn(-c3ncc(Cl)cc3Cl)c2)ncn1. The van der Waals surface area contributed by atoms with Gasteiger partial charge in [0.05, 0.1) is 28.1 Å². The van der Waals surface area contributed by atoms with Gasteiger partial charge in [-0.2, -0.15) is 5.10 Å². The van der Waals surface area contributed by atoms with Gasteiger partial charge in [0.2, 0.25) is 0 Å². The highest BCUT2D eigenvalue weighted by molar-refractivity contribution is 6.35. The van der Waals surface area contributed by atoms with Gasteiger partial charge in [-0.05, 0) is 13.0 Å². The molecule has 3 aromatic heterocycles. The Bertz CT molecular complexity index is 786. The summed E-state index contributed by atoms with van der Waals surface area (Å²) in [5, 5.41) is 8.25. The number of rotatable bonds is 3. The van der Waals surface area contributed by atoms with Crippen molar-refractivity contribution in [3.05, 3.63) is 52.8 Å². The Hall–Kier alpha value is -2.18. The Kier molecular flexibility index (Phi) is 3.72. The highest BCUT2D eigenvalue weighted by Crippen LogP contribution is 2.23. The van der Waals surface area contributed by atoms with Gasteiger partial charge in [-0.25, -0.2) is 19.6 Å². The first-order valence-corrected chi connectivity index (χ1v) is 6.79. The van der Waals surface area contributed by atoms with Crippen molar-refractivity contribution in [2.24, 2.45) is 0 Å². The van der Waals surface area contributed by atoms with Crippen molar-refractivity contribution < 1.29 is 0 Å². The van der Waals surface area contributed by atoms with Crippen LogP contribution >= 0.6 is 23.2 Å². The van der Waals surface area contributed by atoms with Crippen LogP contribution in [0.5, 0.6) is 0 Å². The number of nitrogens with one attached hydrogen (secondary N) is 1. The molecule has 0 bridgehead atoms. The van der Waals surface area contributed by atoms with Crippen LogP contribution in [0.25, 0.3) is 5.82 Å². The van der Waals surface area contributed by atoms with E-state index in [0.29, 0.717) is 21.7 Å². The first-order chi connectivity index (χ1) is 10.1. The van der Waals surface area contributed by atoms with Gasteiger partial charge in [-0.3, -0.25) is 0 Å². The van der Waals surface area contributed by atoms with Crippen LogP contribution < -0.4 is 5.32 Å². The molecule has 0 aliphatic heterocycles. The summed E-state index contributed by atoms with van der Waals surface area (Å²) in [6.45, 7) is 1.90. The van der Waals surface area contributed by atoms with Crippen LogP contribution in [0.2, 0.25) is 10.0 Å². The molecule has 0 aromatic carbocycles. The van der Waals surface area contributed by atoms with E-state index in [1.165, 1.54) is 12.5 Å². The Morgan fingerprint density at radius 3 is 2.71 bits per heavy atom. The highest BCUT2D eigenvalue weighted by atomic mass is 35.5. The van der Waals surface area contributed by atoms with Crippen molar-refractivity contribution in [2.45, 2.75) is 6.92 Å². The van der Waals surface area contributed by atoms with E-state index in [1.54, 1.807) is 23.1 Å². The van der Waals surface area contributed by atoms with E-state index >= 15 is 0 Å². The van der Waals surface area contributed by atoms with Crippen molar-refractivity contribution >= 4 is 34.7 Å². The Balaban J connectivity index is 1.86. The summed E-state index contributed by atoms with van der Waals surface area (Å²) in [5.41, 5.74) is 1.64. The van der Waals surface area contributed by atoms with Gasteiger partial charge in [0, 0.05) is 18.0 Å². The summed E-state index contributed by atoms with van der Waals surface area (Å²) in [5.74, 6) is 1.20. The maximum absolute atomic E-state index is 6.11. The minimum atomic E-state index is 0.426. The van der Waals surface area contributed by atoms with Crippen LogP contribution in [0.1, 0.15) is 5.69 Å². The summed E-state index contributed by atoms with van der Waals surface area (Å²) in [6.07, 6.45) is 6.44. The summed E-state index contributed by atoms with van der Waals surface area (Å²) in [4.78, 5) is 12.3. The lowest BCUT2D eigenvalue weighted by Gasteiger charge is -2.03. The lowest BCUT2D eigenvalue weighted by molar-refractivity contribution is 0.847. The predicted molar refractivity (Wildman–Crippen MR) is 81.4 cm³/mol. The van der Waals surface area contributed by atoms with Crippen molar-refractivity contribution in [2.75, 3.05) is 5.32 Å². The van der Waals surface area contributed by atoms with Gasteiger partial charge in [-0.15, -0.1) is 0 Å². The first kappa shape index (κ1) is 13.8. The molecule has 6 nitrogen and oxygen atoms in total. The molecule has 0 saturated heterocycles. The molecule has 3 heterocycles. The minimum absolute atomic E-state index is 0.426. The molecule has 1 N–H and O–H groups in total. The number of aryl methyl sites for hydroxylation is 1. The Morgan fingerprint density at radius 2 is 1.95 bits per heavy atom. The monoisotopic (exact) mass is 320 g/mol. The van der Waals surface area contributed by atoms with E-state index in [4.69, 9.17) is 23.2 Å². The summed E-state index contributed by atoms with van der Waals surface area (Å²) in [6, 6.07) is 3.46. The van der Waals surface area contributed by atoms with Crippen LogP contribution in [-0.2, 0) is 0 Å². The van der Waals surface area contributed by atoms with Gasteiger partial charge < -0.3 is 5.32 Å². The van der Waals surface area contributed by atoms with Crippen LogP contribution in [0, 0.1) is 6.92 Å². The van der Waals surface area contributed by atoms with E-state index < -0.39 is 0 Å². The molecule has 0 radical (unpaired) electrons. The second-order valence-corrected chi connectivity index (χ2v) is 5.15. The van der Waals surface area contributed by atoms with Gasteiger partial charge in [0.1, 0.15) is 12.1 Å². The highest BCUT2D eigenvalue weighted by Gasteiger charge is 2.08. The van der Waals surface area contributed by atoms with E-state index in [0.717, 1.165) is 11.4 Å². The summed E-state index contributed by atoms with van der Waals surface area (Å²) >= 11 is 11.9. The van der Waals surface area contributed by atoms with Gasteiger partial charge >= 0.3 is 0 Å². The smallest absolute Gasteiger partial charge is 0.172 e. The fourth-order valence-electron chi connectivity index (χ4n) is 1.75. The minimum Gasteiger partial charge on any atom is -0.338 e. The molecule has 3 aromatic rings. The third-order valence-corrected chi connectivity index (χ3v) is 3.15. The Morgan fingerprint density at radius 1 is 1.10 bits per heavy atom. The number of anilines is 2. The van der Waals surface area contributed by atoms with Gasteiger partial charge in [0.25, 0.3) is 0 Å². The fourth-order valence-corrected chi connectivity index (χ4v) is 2.22. The van der Waals surface area contributed by atoms with E-state index in [1.807, 2.05) is 13.0 Å². The number of hydrogen-bond acceptors (Lipinski definition) is 5. The zero-order valence-electron chi connectivity index (χ0n) is 11.0. The van der Waals surface area contributed by atoms with Crippen LogP contribution in [0.4, 0.5) is 11.5 Å². The molecule has 0 amide bonds. The fraction of sp³-hybridized carbons (Fsp3) is 0.0769. The zero-order valence-corrected chi connectivity index (χ0v) is 12.5. The molecule has 0 aliphatic carbocycles. The predicted octanol–water partition coefficient (Wildman–Crippen LogP) is 3.42.